The van der Waals surface area contributed by atoms with Crippen LogP contribution in [0.2, 0.25) is 0 Å². The van der Waals surface area contributed by atoms with Crippen molar-refractivity contribution in [3.63, 3.8) is 0 Å². The van der Waals surface area contributed by atoms with E-state index in [4.69, 9.17) is 5.73 Å². The first kappa shape index (κ1) is 18.4. The van der Waals surface area contributed by atoms with Crippen LogP contribution in [0.1, 0.15) is 53.4 Å². The fourth-order valence-electron chi connectivity index (χ4n) is 3.20. The summed E-state index contributed by atoms with van der Waals surface area (Å²) in [6.45, 7) is 12.0. The van der Waals surface area contributed by atoms with Crippen LogP contribution < -0.4 is 5.73 Å². The Morgan fingerprint density at radius 1 is 1.29 bits per heavy atom. The largest absolute Gasteiger partial charge is 0.342 e. The van der Waals surface area contributed by atoms with Crippen LogP contribution in [0.25, 0.3) is 0 Å². The molecule has 0 aliphatic carbocycles. The molecule has 0 unspecified atom stereocenters. The van der Waals surface area contributed by atoms with Gasteiger partial charge in [-0.1, -0.05) is 13.8 Å². The molecule has 1 saturated heterocycles. The number of carbonyl (C=O) groups is 1. The average molecular weight is 297 g/mol. The predicted octanol–water partition coefficient (Wildman–Crippen LogP) is 2.33. The second-order valence-corrected chi connectivity index (χ2v) is 6.96. The summed E-state index contributed by atoms with van der Waals surface area (Å²) in [4.78, 5) is 17.3. The first-order valence-electron chi connectivity index (χ1n) is 8.59. The highest BCUT2D eigenvalue weighted by Crippen LogP contribution is 2.30. The minimum atomic E-state index is -0.332. The van der Waals surface area contributed by atoms with Crippen molar-refractivity contribution >= 4 is 5.91 Å². The zero-order chi connectivity index (χ0) is 16.0. The van der Waals surface area contributed by atoms with Gasteiger partial charge in [0.05, 0.1) is 5.41 Å². The first-order chi connectivity index (χ1) is 9.90. The van der Waals surface area contributed by atoms with Gasteiger partial charge in [-0.05, 0) is 52.5 Å². The SMILES string of the molecule is CCC(CC)(CN)C(=O)N1CCC(CN(C)C(C)C)CC1. The zero-order valence-electron chi connectivity index (χ0n) is 14.7. The number of likely N-dealkylation sites (tertiary alicyclic amines) is 1. The minimum Gasteiger partial charge on any atom is -0.342 e. The third kappa shape index (κ3) is 4.43. The van der Waals surface area contributed by atoms with E-state index >= 15 is 0 Å². The Balaban J connectivity index is 2.54. The van der Waals surface area contributed by atoms with E-state index in [2.05, 4.69) is 44.5 Å². The molecule has 1 fully saturated rings. The topological polar surface area (TPSA) is 49.6 Å². The van der Waals surface area contributed by atoms with Crippen molar-refractivity contribution in [3.8, 4) is 0 Å². The quantitative estimate of drug-likeness (QED) is 0.784. The molecule has 1 rings (SSSR count). The number of hydrogen-bond acceptors (Lipinski definition) is 3. The lowest BCUT2D eigenvalue weighted by molar-refractivity contribution is -0.143. The highest BCUT2D eigenvalue weighted by Gasteiger charge is 2.38. The molecule has 0 spiro atoms. The van der Waals surface area contributed by atoms with E-state index in [1.807, 2.05) is 0 Å². The van der Waals surface area contributed by atoms with Crippen molar-refractivity contribution in [2.45, 2.75) is 59.4 Å². The molecule has 1 amide bonds. The predicted molar refractivity (Wildman–Crippen MR) is 89.1 cm³/mol. The second-order valence-electron chi connectivity index (χ2n) is 6.96. The molecule has 1 heterocycles. The maximum absolute atomic E-state index is 12.8. The van der Waals surface area contributed by atoms with Gasteiger partial charge in [0.15, 0.2) is 0 Å². The van der Waals surface area contributed by atoms with Gasteiger partial charge in [0.1, 0.15) is 0 Å². The van der Waals surface area contributed by atoms with Crippen LogP contribution in [0, 0.1) is 11.3 Å². The number of piperidine rings is 1. The van der Waals surface area contributed by atoms with Crippen molar-refractivity contribution in [1.82, 2.24) is 9.80 Å². The smallest absolute Gasteiger partial charge is 0.230 e. The molecule has 0 saturated carbocycles. The molecule has 0 aromatic rings. The molecule has 0 radical (unpaired) electrons. The van der Waals surface area contributed by atoms with Gasteiger partial charge in [-0.15, -0.1) is 0 Å². The molecule has 0 aromatic carbocycles. The third-order valence-corrected chi connectivity index (χ3v) is 5.53. The van der Waals surface area contributed by atoms with Crippen LogP contribution >= 0.6 is 0 Å². The van der Waals surface area contributed by atoms with E-state index in [-0.39, 0.29) is 11.3 Å². The van der Waals surface area contributed by atoms with Gasteiger partial charge in [-0.2, -0.15) is 0 Å². The minimum absolute atomic E-state index is 0.283. The molecule has 21 heavy (non-hydrogen) atoms. The maximum Gasteiger partial charge on any atom is 0.230 e. The lowest BCUT2D eigenvalue weighted by Crippen LogP contribution is -2.50. The summed E-state index contributed by atoms with van der Waals surface area (Å²) in [5, 5.41) is 0. The molecule has 1 aliphatic heterocycles. The van der Waals surface area contributed by atoms with Crippen LogP contribution in [-0.2, 0) is 4.79 Å². The van der Waals surface area contributed by atoms with Crippen LogP contribution in [0.15, 0.2) is 0 Å². The third-order valence-electron chi connectivity index (χ3n) is 5.53. The lowest BCUT2D eigenvalue weighted by Gasteiger charge is -2.40. The summed E-state index contributed by atoms with van der Waals surface area (Å²) in [5.74, 6) is 1.00. The summed E-state index contributed by atoms with van der Waals surface area (Å²) >= 11 is 0. The Kier molecular flexibility index (Phi) is 7.14. The van der Waals surface area contributed by atoms with Crippen molar-refractivity contribution in [3.05, 3.63) is 0 Å². The van der Waals surface area contributed by atoms with Crippen molar-refractivity contribution in [2.24, 2.45) is 17.1 Å². The lowest BCUT2D eigenvalue weighted by atomic mass is 9.80. The molecule has 0 bridgehead atoms. The molecule has 124 valence electrons. The fraction of sp³-hybridized carbons (Fsp3) is 0.941. The standard InChI is InChI=1S/C17H35N3O/c1-6-17(7-2,13-18)16(21)20-10-8-15(9-11-20)12-19(5)14(3)4/h14-15H,6-13,18H2,1-5H3. The van der Waals surface area contributed by atoms with Crippen molar-refractivity contribution in [2.75, 3.05) is 33.2 Å². The molecular weight excluding hydrogens is 262 g/mol. The van der Waals surface area contributed by atoms with Gasteiger partial charge in [-0.25, -0.2) is 0 Å². The number of rotatable bonds is 7. The monoisotopic (exact) mass is 297 g/mol. The second kappa shape index (κ2) is 8.14. The molecule has 0 atom stereocenters. The normalized spacial score (nSPS) is 17.8. The van der Waals surface area contributed by atoms with E-state index in [1.165, 1.54) is 0 Å². The number of nitrogens with zero attached hydrogens (tertiary/aromatic N) is 2. The van der Waals surface area contributed by atoms with Gasteiger partial charge in [0.25, 0.3) is 0 Å². The summed E-state index contributed by atoms with van der Waals surface area (Å²) in [6, 6.07) is 0.592. The maximum atomic E-state index is 12.8. The van der Waals surface area contributed by atoms with Crippen LogP contribution in [-0.4, -0.2) is 55.0 Å². The highest BCUT2D eigenvalue weighted by atomic mass is 16.2. The van der Waals surface area contributed by atoms with Gasteiger partial charge in [-0.3, -0.25) is 4.79 Å². The number of nitrogens with two attached hydrogens (primary N) is 1. The van der Waals surface area contributed by atoms with E-state index in [9.17, 15) is 4.79 Å². The first-order valence-corrected chi connectivity index (χ1v) is 8.59. The Hall–Kier alpha value is -0.610. The number of hydrogen-bond donors (Lipinski definition) is 1. The summed E-state index contributed by atoms with van der Waals surface area (Å²) in [7, 11) is 2.19. The Morgan fingerprint density at radius 2 is 1.81 bits per heavy atom. The Labute approximate surface area is 131 Å². The highest BCUT2D eigenvalue weighted by molar-refractivity contribution is 5.83. The summed E-state index contributed by atoms with van der Waals surface area (Å²) < 4.78 is 0. The number of carbonyl (C=O) groups excluding carboxylic acids is 1. The van der Waals surface area contributed by atoms with Gasteiger partial charge < -0.3 is 15.5 Å². The Morgan fingerprint density at radius 3 is 2.19 bits per heavy atom. The van der Waals surface area contributed by atoms with Gasteiger partial charge in [0, 0.05) is 32.2 Å². The van der Waals surface area contributed by atoms with Crippen molar-refractivity contribution in [1.29, 1.82) is 0 Å². The summed E-state index contributed by atoms with van der Waals surface area (Å²) in [5.41, 5.74) is 5.58. The van der Waals surface area contributed by atoms with E-state index in [1.54, 1.807) is 0 Å². The van der Waals surface area contributed by atoms with E-state index in [0.29, 0.717) is 12.6 Å². The van der Waals surface area contributed by atoms with Crippen LogP contribution in [0.3, 0.4) is 0 Å². The van der Waals surface area contributed by atoms with E-state index < -0.39 is 0 Å². The van der Waals surface area contributed by atoms with Gasteiger partial charge >= 0.3 is 0 Å². The van der Waals surface area contributed by atoms with Crippen LogP contribution in [0.4, 0.5) is 0 Å². The zero-order valence-corrected chi connectivity index (χ0v) is 14.7. The number of amides is 1. The molecule has 4 nitrogen and oxygen atoms in total. The van der Waals surface area contributed by atoms with E-state index in [0.717, 1.165) is 51.2 Å². The molecule has 4 heteroatoms. The molecule has 1 aliphatic rings. The van der Waals surface area contributed by atoms with Crippen molar-refractivity contribution < 1.29 is 4.79 Å². The summed E-state index contributed by atoms with van der Waals surface area (Å²) in [6.07, 6.45) is 3.93. The fourth-order valence-corrected chi connectivity index (χ4v) is 3.20. The Bertz CT molecular complexity index is 310. The average Bonchev–Trinajstić information content (AvgIpc) is 2.50. The molecule has 0 aromatic heterocycles. The molecule has 2 N–H and O–H groups in total. The molecular formula is C17H35N3O. The van der Waals surface area contributed by atoms with Crippen LogP contribution in [0.5, 0.6) is 0 Å². The van der Waals surface area contributed by atoms with Gasteiger partial charge in [0.2, 0.25) is 5.91 Å².